The minimum atomic E-state index is 1.05. The lowest BCUT2D eigenvalue weighted by Crippen LogP contribution is -1.85. The standard InChI is InChI=1S/C12H20.2C2H6/c1-6-10(4)9-12(8-3)11(5)7-2;2*1-2/h6,9H,5,7-8H2,1-4H3;2*1-2H3/b10-6-,12-9-;;. The first-order valence-corrected chi connectivity index (χ1v) is 6.67. The van der Waals surface area contributed by atoms with Crippen molar-refractivity contribution in [2.24, 2.45) is 0 Å². The Labute approximate surface area is 104 Å². The Bertz CT molecular complexity index is 204. The summed E-state index contributed by atoms with van der Waals surface area (Å²) >= 11 is 0. The molecule has 0 unspecified atom stereocenters. The molecule has 0 rings (SSSR count). The molecule has 0 bridgehead atoms. The zero-order chi connectivity index (χ0) is 13.6. The molecule has 0 aromatic rings. The van der Waals surface area contributed by atoms with E-state index in [-0.39, 0.29) is 0 Å². The molecule has 0 N–H and O–H groups in total. The SMILES string of the molecule is C=C(CC)/C(=C\C(C)=C/C)CC.CC.CC. The Morgan fingerprint density at radius 1 is 1.00 bits per heavy atom. The van der Waals surface area contributed by atoms with Crippen LogP contribution in [-0.2, 0) is 0 Å². The lowest BCUT2D eigenvalue weighted by Gasteiger charge is -2.05. The van der Waals surface area contributed by atoms with E-state index in [1.165, 1.54) is 16.7 Å². The Hall–Kier alpha value is -0.780. The van der Waals surface area contributed by atoms with Crippen LogP contribution in [0, 0.1) is 0 Å². The van der Waals surface area contributed by atoms with Crippen LogP contribution >= 0.6 is 0 Å². The van der Waals surface area contributed by atoms with Gasteiger partial charge in [-0.05, 0) is 32.3 Å². The predicted octanol–water partition coefficient (Wildman–Crippen LogP) is 6.31. The van der Waals surface area contributed by atoms with Gasteiger partial charge in [0.15, 0.2) is 0 Å². The summed E-state index contributed by atoms with van der Waals surface area (Å²) in [6.45, 7) is 20.5. The molecule has 0 aromatic heterocycles. The highest BCUT2D eigenvalue weighted by atomic mass is 14.0. The lowest BCUT2D eigenvalue weighted by molar-refractivity contribution is 1.03. The molecule has 0 heteroatoms. The molecule has 0 saturated heterocycles. The first kappa shape index (κ1) is 20.6. The van der Waals surface area contributed by atoms with Gasteiger partial charge in [-0.25, -0.2) is 0 Å². The van der Waals surface area contributed by atoms with Gasteiger partial charge >= 0.3 is 0 Å². The Kier molecular flexibility index (Phi) is 21.4. The highest BCUT2D eigenvalue weighted by Gasteiger charge is 1.97. The van der Waals surface area contributed by atoms with Gasteiger partial charge in [-0.1, -0.05) is 71.4 Å². The second-order valence-corrected chi connectivity index (χ2v) is 3.01. The maximum absolute atomic E-state index is 4.04. The van der Waals surface area contributed by atoms with E-state index < -0.39 is 0 Å². The van der Waals surface area contributed by atoms with E-state index in [0.717, 1.165) is 12.8 Å². The average molecular weight is 224 g/mol. The number of rotatable bonds is 4. The largest absolute Gasteiger partial charge is 0.0956 e. The Morgan fingerprint density at radius 3 is 1.69 bits per heavy atom. The van der Waals surface area contributed by atoms with Crippen LogP contribution in [0.1, 0.15) is 68.2 Å². The van der Waals surface area contributed by atoms with Gasteiger partial charge in [0.1, 0.15) is 0 Å². The molecule has 0 heterocycles. The fraction of sp³-hybridized carbons (Fsp3) is 0.625. The van der Waals surface area contributed by atoms with E-state index in [0.29, 0.717) is 0 Å². The second-order valence-electron chi connectivity index (χ2n) is 3.01. The molecule has 0 saturated carbocycles. The maximum atomic E-state index is 4.04. The van der Waals surface area contributed by atoms with Crippen LogP contribution in [0.4, 0.5) is 0 Å². The van der Waals surface area contributed by atoms with Gasteiger partial charge in [-0.3, -0.25) is 0 Å². The molecule has 0 nitrogen and oxygen atoms in total. The zero-order valence-corrected chi connectivity index (χ0v) is 12.8. The van der Waals surface area contributed by atoms with E-state index in [9.17, 15) is 0 Å². The normalized spacial score (nSPS) is 10.8. The second kappa shape index (κ2) is 16.6. The van der Waals surface area contributed by atoms with Gasteiger partial charge in [0, 0.05) is 0 Å². The van der Waals surface area contributed by atoms with Crippen LogP contribution in [0.15, 0.2) is 35.5 Å². The van der Waals surface area contributed by atoms with Crippen molar-refractivity contribution in [1.29, 1.82) is 0 Å². The summed E-state index contributed by atoms with van der Waals surface area (Å²) in [4.78, 5) is 0. The molecular weight excluding hydrogens is 192 g/mol. The maximum Gasteiger partial charge on any atom is -0.0305 e. The minimum Gasteiger partial charge on any atom is -0.0956 e. The molecule has 0 aliphatic carbocycles. The number of hydrogen-bond donors (Lipinski definition) is 0. The van der Waals surface area contributed by atoms with Crippen LogP contribution in [0.25, 0.3) is 0 Å². The average Bonchev–Trinajstić information content (AvgIpc) is 2.39. The van der Waals surface area contributed by atoms with Crippen molar-refractivity contribution in [3.8, 4) is 0 Å². The fourth-order valence-electron chi connectivity index (χ4n) is 1.04. The van der Waals surface area contributed by atoms with Crippen LogP contribution in [-0.4, -0.2) is 0 Å². The summed E-state index contributed by atoms with van der Waals surface area (Å²) in [5.74, 6) is 0. The summed E-state index contributed by atoms with van der Waals surface area (Å²) in [5.41, 5.74) is 3.97. The van der Waals surface area contributed by atoms with Gasteiger partial charge in [0.25, 0.3) is 0 Å². The quantitative estimate of drug-likeness (QED) is 0.491. The fourth-order valence-corrected chi connectivity index (χ4v) is 1.04. The number of hydrogen-bond acceptors (Lipinski definition) is 0. The summed E-state index contributed by atoms with van der Waals surface area (Å²) in [6.07, 6.45) is 6.49. The van der Waals surface area contributed by atoms with Gasteiger partial charge in [-0.2, -0.15) is 0 Å². The van der Waals surface area contributed by atoms with E-state index >= 15 is 0 Å². The zero-order valence-electron chi connectivity index (χ0n) is 12.8. The smallest absolute Gasteiger partial charge is 0.0305 e. The van der Waals surface area contributed by atoms with Gasteiger partial charge in [0.05, 0.1) is 0 Å². The van der Waals surface area contributed by atoms with Crippen molar-refractivity contribution in [2.75, 3.05) is 0 Å². The molecule has 0 spiro atoms. The minimum absolute atomic E-state index is 1.05. The molecule has 0 amide bonds. The third-order valence-electron chi connectivity index (χ3n) is 2.12. The summed E-state index contributed by atoms with van der Waals surface area (Å²) in [6, 6.07) is 0. The third kappa shape index (κ3) is 11.3. The lowest BCUT2D eigenvalue weighted by atomic mass is 10.0. The van der Waals surface area contributed by atoms with Crippen LogP contribution in [0.2, 0.25) is 0 Å². The van der Waals surface area contributed by atoms with E-state index in [1.807, 2.05) is 27.7 Å². The van der Waals surface area contributed by atoms with Crippen molar-refractivity contribution in [2.45, 2.75) is 68.2 Å². The van der Waals surface area contributed by atoms with Crippen molar-refractivity contribution in [3.63, 3.8) is 0 Å². The molecule has 0 fully saturated rings. The molecule has 0 radical (unpaired) electrons. The van der Waals surface area contributed by atoms with Crippen LogP contribution in [0.5, 0.6) is 0 Å². The molecule has 96 valence electrons. The highest BCUT2D eigenvalue weighted by Crippen LogP contribution is 2.17. The van der Waals surface area contributed by atoms with Crippen molar-refractivity contribution in [3.05, 3.63) is 35.5 Å². The first-order chi connectivity index (χ1) is 7.65. The van der Waals surface area contributed by atoms with Gasteiger partial charge in [-0.15, -0.1) is 0 Å². The molecular formula is C16H32. The van der Waals surface area contributed by atoms with Crippen molar-refractivity contribution in [1.82, 2.24) is 0 Å². The van der Waals surface area contributed by atoms with Crippen LogP contribution in [0.3, 0.4) is 0 Å². The van der Waals surface area contributed by atoms with Gasteiger partial charge in [0.2, 0.25) is 0 Å². The van der Waals surface area contributed by atoms with Crippen molar-refractivity contribution < 1.29 is 0 Å². The molecule has 0 atom stereocenters. The summed E-state index contributed by atoms with van der Waals surface area (Å²) < 4.78 is 0. The van der Waals surface area contributed by atoms with Crippen molar-refractivity contribution >= 4 is 0 Å². The monoisotopic (exact) mass is 224 g/mol. The van der Waals surface area contributed by atoms with E-state index in [1.54, 1.807) is 0 Å². The summed E-state index contributed by atoms with van der Waals surface area (Å²) in [5, 5.41) is 0. The highest BCUT2D eigenvalue weighted by molar-refractivity contribution is 5.34. The molecule has 0 aromatic carbocycles. The first-order valence-electron chi connectivity index (χ1n) is 6.67. The number of allylic oxidation sites excluding steroid dienone is 5. The summed E-state index contributed by atoms with van der Waals surface area (Å²) in [7, 11) is 0. The third-order valence-corrected chi connectivity index (χ3v) is 2.12. The van der Waals surface area contributed by atoms with Gasteiger partial charge < -0.3 is 0 Å². The van der Waals surface area contributed by atoms with E-state index in [4.69, 9.17) is 0 Å². The molecule has 16 heavy (non-hydrogen) atoms. The predicted molar refractivity (Wildman–Crippen MR) is 79.9 cm³/mol. The molecule has 0 aliphatic rings. The Morgan fingerprint density at radius 2 is 1.44 bits per heavy atom. The van der Waals surface area contributed by atoms with Crippen LogP contribution < -0.4 is 0 Å². The topological polar surface area (TPSA) is 0 Å². The van der Waals surface area contributed by atoms with E-state index in [2.05, 4.69) is 46.4 Å². The Balaban J connectivity index is -0.000000376. The molecule has 0 aliphatic heterocycles.